The Balaban J connectivity index is 1.73. The first kappa shape index (κ1) is 17.4. The Hall–Kier alpha value is -0.460. The van der Waals surface area contributed by atoms with E-state index >= 15 is 0 Å². The van der Waals surface area contributed by atoms with Gasteiger partial charge >= 0.3 is 0 Å². The Morgan fingerprint density at radius 2 is 1.87 bits per heavy atom. The van der Waals surface area contributed by atoms with Gasteiger partial charge in [-0.3, -0.25) is 4.79 Å². The molecule has 0 aromatic carbocycles. The highest BCUT2D eigenvalue weighted by molar-refractivity contribution is 7.89. The zero-order valence-corrected chi connectivity index (χ0v) is 15.3. The van der Waals surface area contributed by atoms with E-state index in [1.165, 1.54) is 0 Å². The Morgan fingerprint density at radius 1 is 1.22 bits per heavy atom. The number of ether oxygens (including phenoxy) is 1. The maximum Gasteiger partial charge on any atom is 0.215 e. The molecule has 0 aromatic heterocycles. The van der Waals surface area contributed by atoms with Crippen LogP contribution in [0.1, 0.15) is 52.9 Å². The van der Waals surface area contributed by atoms with Gasteiger partial charge in [-0.1, -0.05) is 13.8 Å². The third kappa shape index (κ3) is 2.67. The summed E-state index contributed by atoms with van der Waals surface area (Å²) < 4.78 is 33.1. The molecule has 2 saturated carbocycles. The minimum atomic E-state index is -3.40. The number of hydrogen-bond acceptors (Lipinski definition) is 4. The number of hydrogen-bond donors (Lipinski definition) is 0. The summed E-state index contributed by atoms with van der Waals surface area (Å²) in [7, 11) is -3.40. The third-order valence-corrected chi connectivity index (χ3v) is 8.77. The van der Waals surface area contributed by atoms with Crippen LogP contribution in [-0.2, 0) is 19.6 Å². The lowest BCUT2D eigenvalue weighted by atomic mass is 9.70. The standard InChI is InChI=1S/C17H29NO4S/c1-4-22-14-6-9-18(10-7-14)23(20,21)12-17-8-5-13(11-15(17)19)16(17,2)3/h13-14H,4-12H2,1-3H3/t13-,17-/m0/s1. The smallest absolute Gasteiger partial charge is 0.215 e. The Morgan fingerprint density at radius 3 is 2.35 bits per heavy atom. The fraction of sp³-hybridized carbons (Fsp3) is 0.941. The van der Waals surface area contributed by atoms with Crippen molar-refractivity contribution in [3.05, 3.63) is 0 Å². The van der Waals surface area contributed by atoms with Gasteiger partial charge in [0.15, 0.2) is 0 Å². The first-order chi connectivity index (χ1) is 10.7. The van der Waals surface area contributed by atoms with Crippen LogP contribution in [0.5, 0.6) is 0 Å². The van der Waals surface area contributed by atoms with Gasteiger partial charge in [0.1, 0.15) is 5.78 Å². The quantitative estimate of drug-likeness (QED) is 0.768. The molecule has 6 heteroatoms. The highest BCUT2D eigenvalue weighted by Gasteiger charge is 2.65. The highest BCUT2D eigenvalue weighted by atomic mass is 32.2. The number of Topliss-reactive ketones (excluding diaryl/α,β-unsaturated/α-hetero) is 1. The van der Waals surface area contributed by atoms with Crippen molar-refractivity contribution in [1.29, 1.82) is 0 Å². The summed E-state index contributed by atoms with van der Waals surface area (Å²) in [4.78, 5) is 12.6. The second kappa shape index (κ2) is 5.81. The number of carbonyl (C=O) groups excluding carboxylic acids is 1. The normalized spacial score (nSPS) is 35.1. The Bertz CT molecular complexity index is 577. The average molecular weight is 343 g/mol. The van der Waals surface area contributed by atoms with Crippen LogP contribution in [0.3, 0.4) is 0 Å². The summed E-state index contributed by atoms with van der Waals surface area (Å²) in [6, 6.07) is 0. The van der Waals surface area contributed by atoms with Gasteiger partial charge in [0, 0.05) is 31.5 Å². The number of sulfonamides is 1. The molecule has 0 aromatic rings. The van der Waals surface area contributed by atoms with Crippen LogP contribution < -0.4 is 0 Å². The second-order valence-electron chi connectivity index (χ2n) is 7.98. The van der Waals surface area contributed by atoms with Crippen LogP contribution in [0, 0.1) is 16.7 Å². The number of carbonyl (C=O) groups is 1. The van der Waals surface area contributed by atoms with Gasteiger partial charge in [0.25, 0.3) is 0 Å². The summed E-state index contributed by atoms with van der Waals surface area (Å²) in [6.07, 6.45) is 3.96. The summed E-state index contributed by atoms with van der Waals surface area (Å²) in [6.45, 7) is 7.85. The van der Waals surface area contributed by atoms with Gasteiger partial charge in [-0.2, -0.15) is 0 Å². The van der Waals surface area contributed by atoms with E-state index in [1.807, 2.05) is 6.92 Å². The lowest BCUT2D eigenvalue weighted by Gasteiger charge is -2.39. The molecule has 1 aliphatic heterocycles. The molecule has 0 N–H and O–H groups in total. The molecule has 23 heavy (non-hydrogen) atoms. The summed E-state index contributed by atoms with van der Waals surface area (Å²) in [5, 5.41) is 0. The Labute approximate surface area is 139 Å². The molecular weight excluding hydrogens is 314 g/mol. The van der Waals surface area contributed by atoms with Crippen LogP contribution in [0.2, 0.25) is 0 Å². The molecule has 1 saturated heterocycles. The molecule has 0 unspecified atom stereocenters. The molecule has 3 aliphatic rings. The van der Waals surface area contributed by atoms with Crippen molar-refractivity contribution in [2.24, 2.45) is 16.7 Å². The summed E-state index contributed by atoms with van der Waals surface area (Å²) in [5.41, 5.74) is -0.853. The van der Waals surface area contributed by atoms with E-state index in [0.717, 1.165) is 25.7 Å². The molecule has 0 spiro atoms. The van der Waals surface area contributed by atoms with E-state index < -0.39 is 15.4 Å². The number of nitrogens with zero attached hydrogens (tertiary/aromatic N) is 1. The number of piperidine rings is 1. The number of ketones is 1. The topological polar surface area (TPSA) is 63.7 Å². The van der Waals surface area contributed by atoms with Crippen LogP contribution in [-0.4, -0.2) is 50.1 Å². The molecule has 132 valence electrons. The van der Waals surface area contributed by atoms with Gasteiger partial charge in [0.05, 0.1) is 11.9 Å². The largest absolute Gasteiger partial charge is 0.378 e. The Kier molecular flexibility index (Phi) is 4.39. The van der Waals surface area contributed by atoms with Crippen molar-refractivity contribution < 1.29 is 17.9 Å². The predicted molar refractivity (Wildman–Crippen MR) is 88.6 cm³/mol. The second-order valence-corrected chi connectivity index (χ2v) is 9.95. The van der Waals surface area contributed by atoms with Gasteiger partial charge in [-0.25, -0.2) is 12.7 Å². The van der Waals surface area contributed by atoms with Crippen LogP contribution in [0.15, 0.2) is 0 Å². The maximum atomic E-state index is 13.0. The van der Waals surface area contributed by atoms with Gasteiger partial charge in [0.2, 0.25) is 10.0 Å². The minimum absolute atomic E-state index is 0.00162. The highest BCUT2D eigenvalue weighted by Crippen LogP contribution is 2.64. The first-order valence-corrected chi connectivity index (χ1v) is 10.5. The molecule has 3 rings (SSSR count). The van der Waals surface area contributed by atoms with Crippen molar-refractivity contribution in [2.75, 3.05) is 25.4 Å². The van der Waals surface area contributed by atoms with E-state index in [4.69, 9.17) is 4.74 Å². The van der Waals surface area contributed by atoms with Crippen molar-refractivity contribution in [3.8, 4) is 0 Å². The molecule has 5 nitrogen and oxygen atoms in total. The average Bonchev–Trinajstić information content (AvgIpc) is 2.82. The van der Waals surface area contributed by atoms with Crippen molar-refractivity contribution in [2.45, 2.75) is 59.0 Å². The van der Waals surface area contributed by atoms with Crippen molar-refractivity contribution >= 4 is 15.8 Å². The lowest BCUT2D eigenvalue weighted by Crippen LogP contribution is -2.49. The van der Waals surface area contributed by atoms with E-state index in [-0.39, 0.29) is 23.1 Å². The molecular formula is C17H29NO4S. The monoisotopic (exact) mass is 343 g/mol. The molecule has 1 heterocycles. The van der Waals surface area contributed by atoms with Gasteiger partial charge < -0.3 is 4.74 Å². The molecule has 2 atom stereocenters. The SMILES string of the molecule is CCOC1CCN(S(=O)(=O)C[C@@]23CC[C@@H](CC2=O)C3(C)C)CC1. The molecule has 0 amide bonds. The molecule has 0 radical (unpaired) electrons. The molecule has 2 aliphatic carbocycles. The van der Waals surface area contributed by atoms with Crippen LogP contribution in [0.25, 0.3) is 0 Å². The van der Waals surface area contributed by atoms with E-state index in [1.54, 1.807) is 4.31 Å². The predicted octanol–water partition coefficient (Wildman–Crippen LogP) is 2.21. The fourth-order valence-electron chi connectivity index (χ4n) is 5.02. The maximum absolute atomic E-state index is 13.0. The minimum Gasteiger partial charge on any atom is -0.378 e. The van der Waals surface area contributed by atoms with Crippen molar-refractivity contribution in [1.82, 2.24) is 4.31 Å². The first-order valence-electron chi connectivity index (χ1n) is 8.85. The van der Waals surface area contributed by atoms with Crippen molar-refractivity contribution in [3.63, 3.8) is 0 Å². The molecule has 2 bridgehead atoms. The van der Waals surface area contributed by atoms with Crippen LogP contribution in [0.4, 0.5) is 0 Å². The summed E-state index contributed by atoms with van der Waals surface area (Å²) >= 11 is 0. The zero-order valence-electron chi connectivity index (χ0n) is 14.5. The fourth-order valence-corrected chi connectivity index (χ4v) is 7.27. The van der Waals surface area contributed by atoms with Gasteiger partial charge in [-0.05, 0) is 43.9 Å². The number of fused-ring (bicyclic) bond motifs is 2. The van der Waals surface area contributed by atoms with Gasteiger partial charge in [-0.15, -0.1) is 0 Å². The van der Waals surface area contributed by atoms with E-state index in [9.17, 15) is 13.2 Å². The zero-order chi connectivity index (χ0) is 16.9. The van der Waals surface area contributed by atoms with E-state index in [2.05, 4.69) is 13.8 Å². The number of rotatable bonds is 5. The van der Waals surface area contributed by atoms with Crippen LogP contribution >= 0.6 is 0 Å². The molecule has 3 fully saturated rings. The summed E-state index contributed by atoms with van der Waals surface area (Å²) in [5.74, 6) is 0.530. The lowest BCUT2D eigenvalue weighted by molar-refractivity contribution is -0.128. The van der Waals surface area contributed by atoms with E-state index in [0.29, 0.717) is 32.0 Å². The third-order valence-electron chi connectivity index (χ3n) is 6.76.